The number of nitrogens with zero attached hydrogens (tertiary/aromatic N) is 8. The van der Waals surface area contributed by atoms with Gasteiger partial charge in [-0.3, -0.25) is 19.4 Å². The molecule has 0 atom stereocenters. The number of likely N-dealkylation sites (tertiary alicyclic amines) is 2. The fourth-order valence-corrected chi connectivity index (χ4v) is 5.97. The summed E-state index contributed by atoms with van der Waals surface area (Å²) in [4.78, 5) is 24.7. The molecule has 2 saturated heterocycles. The molecule has 2 fully saturated rings. The Kier molecular flexibility index (Phi) is 7.86. The van der Waals surface area contributed by atoms with E-state index in [-0.39, 0.29) is 0 Å². The van der Waals surface area contributed by atoms with Crippen LogP contribution in [-0.4, -0.2) is 84.9 Å². The number of piperidine rings is 1. The van der Waals surface area contributed by atoms with E-state index < -0.39 is 0 Å². The lowest BCUT2D eigenvalue weighted by Crippen LogP contribution is -2.59. The maximum Gasteiger partial charge on any atom is 0.167 e. The third kappa shape index (κ3) is 5.70. The number of aromatic nitrogens is 6. The van der Waals surface area contributed by atoms with E-state index in [4.69, 9.17) is 9.72 Å². The average Bonchev–Trinajstić information content (AvgIpc) is 3.64. The van der Waals surface area contributed by atoms with Crippen molar-refractivity contribution in [3.63, 3.8) is 0 Å². The molecule has 7 heterocycles. The first-order valence-corrected chi connectivity index (χ1v) is 14.3. The number of rotatable bonds is 5. The highest BCUT2D eigenvalue weighted by Gasteiger charge is 2.33. The van der Waals surface area contributed by atoms with Gasteiger partial charge in [-0.25, -0.2) is 9.67 Å². The molecule has 0 amide bonds. The average molecular weight is 568 g/mol. The van der Waals surface area contributed by atoms with Crippen molar-refractivity contribution < 1.29 is 9.53 Å². The Balaban J connectivity index is 0.000000302. The molecule has 0 unspecified atom stereocenters. The Morgan fingerprint density at radius 2 is 1.98 bits per heavy atom. The predicted molar refractivity (Wildman–Crippen MR) is 161 cm³/mol. The summed E-state index contributed by atoms with van der Waals surface area (Å²) in [6.45, 7) is 10.7. The highest BCUT2D eigenvalue weighted by molar-refractivity contribution is 5.96. The van der Waals surface area contributed by atoms with Crippen molar-refractivity contribution in [3.8, 4) is 16.9 Å². The highest BCUT2D eigenvalue weighted by atomic mass is 16.5. The van der Waals surface area contributed by atoms with Gasteiger partial charge in [0.05, 0.1) is 23.3 Å². The summed E-state index contributed by atoms with van der Waals surface area (Å²) < 4.78 is 9.52. The molecule has 42 heavy (non-hydrogen) atoms. The molecule has 0 saturated carbocycles. The summed E-state index contributed by atoms with van der Waals surface area (Å²) in [6.07, 6.45) is 12.0. The summed E-state index contributed by atoms with van der Waals surface area (Å²) in [6, 6.07) is 6.69. The Hall–Kier alpha value is -4.35. The van der Waals surface area contributed by atoms with E-state index in [1.165, 1.54) is 23.5 Å². The third-order valence-corrected chi connectivity index (χ3v) is 8.29. The van der Waals surface area contributed by atoms with Crippen molar-refractivity contribution in [2.45, 2.75) is 38.3 Å². The van der Waals surface area contributed by atoms with Gasteiger partial charge in [0.25, 0.3) is 0 Å². The number of pyridine rings is 2. The second kappa shape index (κ2) is 11.9. The lowest BCUT2D eigenvalue weighted by Gasteiger charge is -2.46. The quantitative estimate of drug-likeness (QED) is 0.284. The third-order valence-electron chi connectivity index (χ3n) is 8.29. The van der Waals surface area contributed by atoms with Crippen LogP contribution in [0.3, 0.4) is 0 Å². The van der Waals surface area contributed by atoms with Crippen molar-refractivity contribution in [2.75, 3.05) is 38.5 Å². The van der Waals surface area contributed by atoms with Crippen LogP contribution in [0.1, 0.15) is 35.7 Å². The number of hydrogen-bond acceptors (Lipinski definition) is 9. The lowest BCUT2D eigenvalue weighted by molar-refractivity contribution is -0.103. The Labute approximate surface area is 245 Å². The summed E-state index contributed by atoms with van der Waals surface area (Å²) in [7, 11) is 4.13. The molecule has 3 aliphatic heterocycles. The van der Waals surface area contributed by atoms with Gasteiger partial charge in [0.15, 0.2) is 12.0 Å². The van der Waals surface area contributed by atoms with Gasteiger partial charge in [-0.15, -0.1) is 0 Å². The molecule has 0 aromatic carbocycles. The molecular formula is C31H37N9O2. The normalized spacial score (nSPS) is 17.4. The number of fused-ring (bicyclic) bond motifs is 2. The molecule has 11 heteroatoms. The molecule has 7 rings (SSSR count). The number of ether oxygens (including phenoxy) is 1. The maximum absolute atomic E-state index is 10.0. The van der Waals surface area contributed by atoms with Crippen LogP contribution in [0.2, 0.25) is 0 Å². The minimum atomic E-state index is 0.347. The van der Waals surface area contributed by atoms with Crippen molar-refractivity contribution in [1.29, 1.82) is 0 Å². The van der Waals surface area contributed by atoms with E-state index in [0.717, 1.165) is 71.6 Å². The topological polar surface area (TPSA) is 106 Å². The fourth-order valence-electron chi connectivity index (χ4n) is 5.97. The van der Waals surface area contributed by atoms with Crippen molar-refractivity contribution >= 4 is 23.5 Å². The van der Waals surface area contributed by atoms with Crippen LogP contribution in [-0.2, 0) is 18.4 Å². The summed E-state index contributed by atoms with van der Waals surface area (Å²) >= 11 is 0. The van der Waals surface area contributed by atoms with Gasteiger partial charge in [-0.05, 0) is 63.7 Å². The number of carbonyl (C=O) groups excluding carboxylic acids is 1. The second-order valence-corrected chi connectivity index (χ2v) is 11.3. The van der Waals surface area contributed by atoms with Crippen LogP contribution < -0.4 is 10.1 Å². The van der Waals surface area contributed by atoms with Gasteiger partial charge >= 0.3 is 0 Å². The molecule has 0 bridgehead atoms. The number of carbonyl (C=O) groups is 1. The molecule has 4 aromatic heterocycles. The van der Waals surface area contributed by atoms with Crippen molar-refractivity contribution in [1.82, 2.24) is 39.3 Å². The van der Waals surface area contributed by atoms with Crippen LogP contribution in [0, 0.1) is 6.92 Å². The highest BCUT2D eigenvalue weighted by Crippen LogP contribution is 2.40. The second-order valence-electron chi connectivity index (χ2n) is 11.3. The first-order chi connectivity index (χ1) is 20.4. The molecule has 3 aliphatic rings. The molecular weight excluding hydrogens is 530 g/mol. The Morgan fingerprint density at radius 1 is 1.17 bits per heavy atom. The van der Waals surface area contributed by atoms with Gasteiger partial charge < -0.3 is 15.0 Å². The number of hydrogen-bond donors (Lipinski definition) is 1. The predicted octanol–water partition coefficient (Wildman–Crippen LogP) is 3.87. The largest absolute Gasteiger partial charge is 0.485 e. The molecule has 0 aliphatic carbocycles. The molecule has 4 aromatic rings. The van der Waals surface area contributed by atoms with E-state index in [2.05, 4.69) is 56.9 Å². The van der Waals surface area contributed by atoms with Gasteiger partial charge in [0, 0.05) is 73.7 Å². The lowest BCUT2D eigenvalue weighted by atomic mass is 9.91. The number of nitrogens with one attached hydrogen (secondary N) is 1. The van der Waals surface area contributed by atoms with Gasteiger partial charge in [-0.2, -0.15) is 10.2 Å². The number of anilines is 2. The zero-order valence-corrected chi connectivity index (χ0v) is 24.4. The van der Waals surface area contributed by atoms with Crippen LogP contribution in [0.4, 0.5) is 11.5 Å². The van der Waals surface area contributed by atoms with E-state index >= 15 is 0 Å². The Morgan fingerprint density at radius 3 is 2.64 bits per heavy atom. The minimum Gasteiger partial charge on any atom is -0.485 e. The standard InChI is InChI=1S/C25H31N7O.C6H6N2O/c1-16-24-23(10-22(28-16)17-5-8-32(9-6-17)19-13-30(2)14-19)29-25-21(15-33-24)20(4-7-26-25)18-11-27-31(3)12-18;1-6(5-9)8-4-2-3-7-8/h4,7,10-12,17,19H,5-6,8-9,13-15H2,1-3H3,(H,26,29);2-5H,1H2. The monoisotopic (exact) mass is 567 g/mol. The van der Waals surface area contributed by atoms with Crippen LogP contribution in [0.25, 0.3) is 16.8 Å². The van der Waals surface area contributed by atoms with E-state index in [1.807, 2.05) is 36.4 Å². The zero-order valence-electron chi connectivity index (χ0n) is 24.4. The van der Waals surface area contributed by atoms with E-state index in [0.29, 0.717) is 24.5 Å². The smallest absolute Gasteiger partial charge is 0.167 e. The number of aryl methyl sites for hydroxylation is 2. The van der Waals surface area contributed by atoms with Crippen LogP contribution in [0.5, 0.6) is 5.75 Å². The van der Waals surface area contributed by atoms with E-state index in [1.54, 1.807) is 18.5 Å². The maximum atomic E-state index is 10.0. The number of likely N-dealkylation sites (N-methyl/N-ethyl adjacent to an activating group) is 1. The molecule has 218 valence electrons. The van der Waals surface area contributed by atoms with Crippen molar-refractivity contribution in [3.05, 3.63) is 72.7 Å². The van der Waals surface area contributed by atoms with Gasteiger partial charge in [0.1, 0.15) is 12.4 Å². The zero-order chi connectivity index (χ0) is 29.2. The number of aldehydes is 1. The fraction of sp³-hybridized carbons (Fsp3) is 0.387. The SMILES string of the molecule is C=C(C=O)n1cccn1.Cc1nc(C2CCN(C3CN(C)C3)CC2)cc2c1OCc1c(-c3cnn(C)c3)ccnc1N2. The molecule has 11 nitrogen and oxygen atoms in total. The van der Waals surface area contributed by atoms with Gasteiger partial charge in [-0.1, -0.05) is 6.58 Å². The minimum absolute atomic E-state index is 0.347. The molecule has 0 radical (unpaired) electrons. The first kappa shape index (κ1) is 27.8. The van der Waals surface area contributed by atoms with Crippen LogP contribution >= 0.6 is 0 Å². The molecule has 1 N–H and O–H groups in total. The Bertz CT molecular complexity index is 1570. The molecule has 0 spiro atoms. The summed E-state index contributed by atoms with van der Waals surface area (Å²) in [5.74, 6) is 2.15. The summed E-state index contributed by atoms with van der Waals surface area (Å²) in [5.41, 5.74) is 6.62. The van der Waals surface area contributed by atoms with Crippen LogP contribution in [0.15, 0.2) is 55.8 Å². The van der Waals surface area contributed by atoms with E-state index in [9.17, 15) is 4.79 Å². The van der Waals surface area contributed by atoms with Gasteiger partial charge in [0.2, 0.25) is 0 Å². The number of allylic oxidation sites excluding steroid dienone is 1. The van der Waals surface area contributed by atoms with Crippen molar-refractivity contribution in [2.24, 2.45) is 7.05 Å². The summed E-state index contributed by atoms with van der Waals surface area (Å²) in [5, 5.41) is 11.7. The first-order valence-electron chi connectivity index (χ1n) is 14.3.